The van der Waals surface area contributed by atoms with Crippen LogP contribution in [0.25, 0.3) is 0 Å². The molecule has 0 aromatic rings. The lowest BCUT2D eigenvalue weighted by Gasteiger charge is -2.18. The SMILES string of the molecule is CCCCCCCCCCCCCCCCCCCCCC(=O)OC[C@@H](COC(=O)CCCCCCCCCCCC)OC(=O)CCCCCCCCCCCCCCCCC. The van der Waals surface area contributed by atoms with Gasteiger partial charge in [0.05, 0.1) is 0 Å². The van der Waals surface area contributed by atoms with Crippen molar-refractivity contribution in [2.24, 2.45) is 0 Å². The molecular formula is C56H108O6. The van der Waals surface area contributed by atoms with E-state index in [0.717, 1.165) is 57.8 Å². The first-order chi connectivity index (χ1) is 30.5. The van der Waals surface area contributed by atoms with Crippen molar-refractivity contribution in [3.63, 3.8) is 0 Å². The first kappa shape index (κ1) is 60.4. The molecule has 0 fully saturated rings. The zero-order valence-electron chi connectivity index (χ0n) is 42.2. The number of carbonyl (C=O) groups is 3. The van der Waals surface area contributed by atoms with Gasteiger partial charge in [0.1, 0.15) is 13.2 Å². The first-order valence-corrected chi connectivity index (χ1v) is 28.0. The summed E-state index contributed by atoms with van der Waals surface area (Å²) in [6, 6.07) is 0. The molecule has 6 nitrogen and oxygen atoms in total. The summed E-state index contributed by atoms with van der Waals surface area (Å²) in [6.45, 7) is 6.69. The van der Waals surface area contributed by atoms with Gasteiger partial charge in [0.2, 0.25) is 0 Å². The summed E-state index contributed by atoms with van der Waals surface area (Å²) in [5.41, 5.74) is 0. The smallest absolute Gasteiger partial charge is 0.306 e. The van der Waals surface area contributed by atoms with Crippen LogP contribution in [-0.4, -0.2) is 37.2 Å². The largest absolute Gasteiger partial charge is 0.462 e. The highest BCUT2D eigenvalue weighted by Gasteiger charge is 2.19. The quantitative estimate of drug-likeness (QED) is 0.0344. The molecule has 0 bridgehead atoms. The van der Waals surface area contributed by atoms with Gasteiger partial charge >= 0.3 is 17.9 Å². The van der Waals surface area contributed by atoms with Crippen LogP contribution in [0.1, 0.15) is 323 Å². The second-order valence-corrected chi connectivity index (χ2v) is 19.2. The second-order valence-electron chi connectivity index (χ2n) is 19.2. The van der Waals surface area contributed by atoms with E-state index in [2.05, 4.69) is 20.8 Å². The van der Waals surface area contributed by atoms with Gasteiger partial charge in [-0.2, -0.15) is 0 Å². The third-order valence-electron chi connectivity index (χ3n) is 12.9. The van der Waals surface area contributed by atoms with Crippen LogP contribution in [0.2, 0.25) is 0 Å². The summed E-state index contributed by atoms with van der Waals surface area (Å²) < 4.78 is 16.8. The topological polar surface area (TPSA) is 78.9 Å². The molecule has 0 rings (SSSR count). The number of hydrogen-bond acceptors (Lipinski definition) is 6. The molecule has 1 atom stereocenters. The van der Waals surface area contributed by atoms with Crippen LogP contribution in [0, 0.1) is 0 Å². The molecule has 62 heavy (non-hydrogen) atoms. The summed E-state index contributed by atoms with van der Waals surface area (Å²) in [4.78, 5) is 38.0. The molecule has 0 saturated carbocycles. The predicted molar refractivity (Wildman–Crippen MR) is 266 cm³/mol. The lowest BCUT2D eigenvalue weighted by Crippen LogP contribution is -2.30. The van der Waals surface area contributed by atoms with Crippen LogP contribution < -0.4 is 0 Å². The molecule has 0 heterocycles. The molecule has 0 radical (unpaired) electrons. The monoisotopic (exact) mass is 877 g/mol. The van der Waals surface area contributed by atoms with Crippen molar-refractivity contribution >= 4 is 17.9 Å². The maximum Gasteiger partial charge on any atom is 0.306 e. The molecule has 0 amide bonds. The van der Waals surface area contributed by atoms with Crippen molar-refractivity contribution in [1.29, 1.82) is 0 Å². The van der Waals surface area contributed by atoms with Crippen molar-refractivity contribution in [1.82, 2.24) is 0 Å². The van der Waals surface area contributed by atoms with E-state index in [1.165, 1.54) is 225 Å². The molecule has 0 N–H and O–H groups in total. The van der Waals surface area contributed by atoms with E-state index in [1.807, 2.05) is 0 Å². The minimum atomic E-state index is -0.760. The molecule has 0 aliphatic carbocycles. The Balaban J connectivity index is 4.22. The molecule has 0 unspecified atom stereocenters. The number of ether oxygens (including phenoxy) is 3. The molecule has 0 aromatic carbocycles. The number of hydrogen-bond donors (Lipinski definition) is 0. The number of carbonyl (C=O) groups excluding carboxylic acids is 3. The van der Waals surface area contributed by atoms with E-state index in [0.29, 0.717) is 19.3 Å². The minimum absolute atomic E-state index is 0.0614. The fraction of sp³-hybridized carbons (Fsp3) is 0.946. The van der Waals surface area contributed by atoms with Gasteiger partial charge in [-0.15, -0.1) is 0 Å². The second kappa shape index (κ2) is 52.0. The third-order valence-corrected chi connectivity index (χ3v) is 12.9. The van der Waals surface area contributed by atoms with Crippen molar-refractivity contribution in [3.8, 4) is 0 Å². The maximum absolute atomic E-state index is 12.8. The zero-order chi connectivity index (χ0) is 45.1. The van der Waals surface area contributed by atoms with Crippen LogP contribution >= 0.6 is 0 Å². The van der Waals surface area contributed by atoms with Gasteiger partial charge in [-0.05, 0) is 19.3 Å². The first-order valence-electron chi connectivity index (χ1n) is 28.0. The lowest BCUT2D eigenvalue weighted by atomic mass is 10.0. The van der Waals surface area contributed by atoms with Crippen molar-refractivity contribution < 1.29 is 28.6 Å². The normalized spacial score (nSPS) is 11.9. The fourth-order valence-electron chi connectivity index (χ4n) is 8.62. The molecule has 0 aliphatic rings. The average Bonchev–Trinajstić information content (AvgIpc) is 3.27. The summed E-state index contributed by atoms with van der Waals surface area (Å²) in [6.07, 6.45) is 56.7. The molecule has 0 saturated heterocycles. The van der Waals surface area contributed by atoms with Gasteiger partial charge in [0, 0.05) is 19.3 Å². The Labute approximate surface area is 387 Å². The van der Waals surface area contributed by atoms with Crippen molar-refractivity contribution in [3.05, 3.63) is 0 Å². The van der Waals surface area contributed by atoms with Gasteiger partial charge < -0.3 is 14.2 Å². The molecule has 6 heteroatoms. The van der Waals surface area contributed by atoms with Gasteiger partial charge in [-0.1, -0.05) is 284 Å². The van der Waals surface area contributed by atoms with Crippen molar-refractivity contribution in [2.75, 3.05) is 13.2 Å². The van der Waals surface area contributed by atoms with Crippen LogP contribution in [0.5, 0.6) is 0 Å². The maximum atomic E-state index is 12.8. The summed E-state index contributed by atoms with van der Waals surface area (Å²) >= 11 is 0. The van der Waals surface area contributed by atoms with Crippen LogP contribution in [-0.2, 0) is 28.6 Å². The number of rotatable bonds is 52. The van der Waals surface area contributed by atoms with E-state index < -0.39 is 6.10 Å². The Bertz CT molecular complexity index is 920. The van der Waals surface area contributed by atoms with E-state index in [1.54, 1.807) is 0 Å². The highest BCUT2D eigenvalue weighted by Crippen LogP contribution is 2.17. The van der Waals surface area contributed by atoms with Gasteiger partial charge in [-0.25, -0.2) is 0 Å². The lowest BCUT2D eigenvalue weighted by molar-refractivity contribution is -0.167. The fourth-order valence-corrected chi connectivity index (χ4v) is 8.62. The van der Waals surface area contributed by atoms with Crippen molar-refractivity contribution in [2.45, 2.75) is 329 Å². The predicted octanol–water partition coefficient (Wildman–Crippen LogP) is 18.4. The van der Waals surface area contributed by atoms with E-state index >= 15 is 0 Å². The molecule has 0 aromatic heterocycles. The Morgan fingerprint density at radius 2 is 0.435 bits per heavy atom. The van der Waals surface area contributed by atoms with E-state index in [9.17, 15) is 14.4 Å². The Kier molecular flexibility index (Phi) is 50.7. The third kappa shape index (κ3) is 49.4. The van der Waals surface area contributed by atoms with Gasteiger partial charge in [0.25, 0.3) is 0 Å². The Morgan fingerprint density at radius 3 is 0.645 bits per heavy atom. The Hall–Kier alpha value is -1.59. The van der Waals surface area contributed by atoms with Gasteiger partial charge in [-0.3, -0.25) is 14.4 Å². The summed E-state index contributed by atoms with van der Waals surface area (Å²) in [5.74, 6) is -0.837. The summed E-state index contributed by atoms with van der Waals surface area (Å²) in [5, 5.41) is 0. The zero-order valence-corrected chi connectivity index (χ0v) is 42.2. The highest BCUT2D eigenvalue weighted by molar-refractivity contribution is 5.71. The van der Waals surface area contributed by atoms with Crippen LogP contribution in [0.3, 0.4) is 0 Å². The minimum Gasteiger partial charge on any atom is -0.462 e. The standard InChI is InChI=1S/C56H108O6/c1-4-7-10-13-16-19-22-24-26-27-28-29-31-32-34-37-40-43-46-49-55(58)61-52-53(51-60-54(57)48-45-42-39-36-21-18-15-12-9-6-3)62-56(59)50-47-44-41-38-35-33-30-25-23-20-17-14-11-8-5-2/h53H,4-52H2,1-3H3/t53-/m1/s1. The summed E-state index contributed by atoms with van der Waals surface area (Å²) in [7, 11) is 0. The van der Waals surface area contributed by atoms with Crippen LogP contribution in [0.4, 0.5) is 0 Å². The number of unbranched alkanes of at least 4 members (excludes halogenated alkanes) is 41. The number of esters is 3. The molecule has 0 spiro atoms. The highest BCUT2D eigenvalue weighted by atomic mass is 16.6. The molecule has 368 valence electrons. The van der Waals surface area contributed by atoms with E-state index in [-0.39, 0.29) is 31.1 Å². The molecule has 0 aliphatic heterocycles. The Morgan fingerprint density at radius 1 is 0.258 bits per heavy atom. The van der Waals surface area contributed by atoms with Gasteiger partial charge in [0.15, 0.2) is 6.10 Å². The average molecular weight is 877 g/mol. The van der Waals surface area contributed by atoms with Crippen LogP contribution in [0.15, 0.2) is 0 Å². The van der Waals surface area contributed by atoms with E-state index in [4.69, 9.17) is 14.2 Å². The molecular weight excluding hydrogens is 769 g/mol.